The van der Waals surface area contributed by atoms with Crippen LogP contribution in [0.25, 0.3) is 55.0 Å². The highest BCUT2D eigenvalue weighted by molar-refractivity contribution is 6.11. The van der Waals surface area contributed by atoms with Gasteiger partial charge in [-0.2, -0.15) is 0 Å². The second kappa shape index (κ2) is 7.26. The van der Waals surface area contributed by atoms with Crippen molar-refractivity contribution in [3.8, 4) is 17.1 Å². The summed E-state index contributed by atoms with van der Waals surface area (Å²) < 4.78 is 10.8. The number of rotatable bonds is 3. The molecule has 162 valence electrons. The minimum absolute atomic E-state index is 0.848. The van der Waals surface area contributed by atoms with Gasteiger partial charge < -0.3 is 13.9 Å². The second-order valence-corrected chi connectivity index (χ2v) is 8.57. The molecule has 0 spiro atoms. The van der Waals surface area contributed by atoms with Crippen LogP contribution in [0.1, 0.15) is 0 Å². The Labute approximate surface area is 197 Å². The molecule has 0 saturated heterocycles. The van der Waals surface area contributed by atoms with Crippen LogP contribution >= 0.6 is 0 Å². The summed E-state index contributed by atoms with van der Waals surface area (Å²) in [7, 11) is 1.77. The maximum Gasteiger partial charge on any atom is 0.166 e. The maximum atomic E-state index is 6.18. The van der Waals surface area contributed by atoms with Gasteiger partial charge in [0.15, 0.2) is 5.75 Å². The molecule has 0 aliphatic heterocycles. The first-order valence-corrected chi connectivity index (χ1v) is 11.5. The fourth-order valence-electron chi connectivity index (χ4n) is 5.44. The van der Waals surface area contributed by atoms with Crippen LogP contribution in [0.4, 0.5) is 0 Å². The third kappa shape index (κ3) is 2.52. The summed E-state index contributed by atoms with van der Waals surface area (Å²) in [5.41, 5.74) is 6.73. The Bertz CT molecular complexity index is 1620. The number of methoxy groups -OCH3 is 1. The van der Waals surface area contributed by atoms with E-state index in [-0.39, 0.29) is 0 Å². The van der Waals surface area contributed by atoms with Crippen LogP contribution < -0.4 is 4.74 Å². The van der Waals surface area contributed by atoms with Gasteiger partial charge >= 0.3 is 0 Å². The van der Waals surface area contributed by atoms with Crippen molar-refractivity contribution in [3.63, 3.8) is 0 Å². The van der Waals surface area contributed by atoms with E-state index >= 15 is 0 Å². The molecule has 0 atom stereocenters. The second-order valence-electron chi connectivity index (χ2n) is 8.57. The molecule has 3 nitrogen and oxygen atoms in total. The predicted molar refractivity (Wildman–Crippen MR) is 142 cm³/mol. The number of para-hydroxylation sites is 5. The van der Waals surface area contributed by atoms with Gasteiger partial charge in [0.05, 0.1) is 40.6 Å². The molecule has 2 aromatic heterocycles. The Morgan fingerprint density at radius 2 is 0.735 bits per heavy atom. The molecule has 0 fully saturated rings. The zero-order valence-electron chi connectivity index (χ0n) is 18.8. The lowest BCUT2D eigenvalue weighted by Gasteiger charge is -2.18. The molecule has 34 heavy (non-hydrogen) atoms. The first-order chi connectivity index (χ1) is 16.9. The molecule has 0 amide bonds. The molecular formula is C31H22N2O. The van der Waals surface area contributed by atoms with E-state index in [4.69, 9.17) is 4.74 Å². The lowest BCUT2D eigenvalue weighted by molar-refractivity contribution is 0.412. The van der Waals surface area contributed by atoms with Crippen LogP contribution in [0.5, 0.6) is 5.75 Å². The molecule has 0 unspecified atom stereocenters. The summed E-state index contributed by atoms with van der Waals surface area (Å²) in [5.74, 6) is 0.848. The van der Waals surface area contributed by atoms with Crippen molar-refractivity contribution in [1.29, 1.82) is 0 Å². The van der Waals surface area contributed by atoms with Crippen LogP contribution in [0.2, 0.25) is 0 Å². The largest absolute Gasteiger partial charge is 0.492 e. The monoisotopic (exact) mass is 438 g/mol. The zero-order chi connectivity index (χ0) is 22.6. The van der Waals surface area contributed by atoms with Gasteiger partial charge in [0, 0.05) is 21.5 Å². The van der Waals surface area contributed by atoms with Gasteiger partial charge in [-0.25, -0.2) is 0 Å². The number of fused-ring (bicyclic) bond motifs is 6. The fourth-order valence-corrected chi connectivity index (χ4v) is 5.44. The normalized spacial score (nSPS) is 11.7. The van der Waals surface area contributed by atoms with E-state index in [1.165, 1.54) is 43.6 Å². The van der Waals surface area contributed by atoms with Gasteiger partial charge in [-0.15, -0.1) is 0 Å². The molecular weight excluding hydrogens is 416 g/mol. The number of nitrogens with zero attached hydrogens (tertiary/aromatic N) is 2. The molecule has 3 heteroatoms. The minimum atomic E-state index is 0.848. The Morgan fingerprint density at radius 3 is 1.06 bits per heavy atom. The van der Waals surface area contributed by atoms with Crippen molar-refractivity contribution in [1.82, 2.24) is 9.13 Å². The molecule has 0 bridgehead atoms. The molecule has 7 rings (SSSR count). The SMILES string of the molecule is COc1c(-n2c3ccccc3c3ccccc32)cccc1-n1c2ccccc2c2ccccc21. The third-order valence-corrected chi connectivity index (χ3v) is 6.82. The Hall–Kier alpha value is -4.50. The summed E-state index contributed by atoms with van der Waals surface area (Å²) in [5, 5.41) is 4.95. The van der Waals surface area contributed by atoms with Crippen LogP contribution in [0, 0.1) is 0 Å². The van der Waals surface area contributed by atoms with Crippen LogP contribution in [0.15, 0.2) is 115 Å². The molecule has 0 radical (unpaired) electrons. The lowest BCUT2D eigenvalue weighted by atomic mass is 10.2. The highest BCUT2D eigenvalue weighted by Crippen LogP contribution is 2.40. The molecule has 0 saturated carbocycles. The summed E-state index contributed by atoms with van der Waals surface area (Å²) >= 11 is 0. The van der Waals surface area contributed by atoms with Crippen molar-refractivity contribution in [3.05, 3.63) is 115 Å². The van der Waals surface area contributed by atoms with Crippen molar-refractivity contribution < 1.29 is 4.74 Å². The highest BCUT2D eigenvalue weighted by atomic mass is 16.5. The van der Waals surface area contributed by atoms with E-state index in [1.807, 2.05) is 0 Å². The Balaban J connectivity index is 1.62. The summed E-state index contributed by atoms with van der Waals surface area (Å²) in [6.45, 7) is 0. The summed E-state index contributed by atoms with van der Waals surface area (Å²) in [6.07, 6.45) is 0. The van der Waals surface area contributed by atoms with E-state index in [2.05, 4.69) is 124 Å². The minimum Gasteiger partial charge on any atom is -0.492 e. The topological polar surface area (TPSA) is 19.1 Å². The quantitative estimate of drug-likeness (QED) is 0.274. The highest BCUT2D eigenvalue weighted by Gasteiger charge is 2.20. The molecule has 2 heterocycles. The van der Waals surface area contributed by atoms with Crippen molar-refractivity contribution >= 4 is 43.6 Å². The van der Waals surface area contributed by atoms with Crippen LogP contribution in [-0.2, 0) is 0 Å². The summed E-state index contributed by atoms with van der Waals surface area (Å²) in [6, 6.07) is 40.7. The van der Waals surface area contributed by atoms with Gasteiger partial charge in [-0.1, -0.05) is 78.9 Å². The molecule has 0 N–H and O–H groups in total. The molecule has 5 aromatic carbocycles. The first-order valence-electron chi connectivity index (χ1n) is 11.5. The van der Waals surface area contributed by atoms with Crippen molar-refractivity contribution in [2.24, 2.45) is 0 Å². The predicted octanol–water partition coefficient (Wildman–Crippen LogP) is 7.89. The van der Waals surface area contributed by atoms with E-state index in [0.717, 1.165) is 17.1 Å². The van der Waals surface area contributed by atoms with E-state index < -0.39 is 0 Å². The zero-order valence-corrected chi connectivity index (χ0v) is 18.8. The van der Waals surface area contributed by atoms with Crippen molar-refractivity contribution in [2.45, 2.75) is 0 Å². The molecule has 7 aromatic rings. The number of hydrogen-bond acceptors (Lipinski definition) is 1. The maximum absolute atomic E-state index is 6.18. The van der Waals surface area contributed by atoms with E-state index in [1.54, 1.807) is 7.11 Å². The number of benzene rings is 5. The van der Waals surface area contributed by atoms with Crippen LogP contribution in [0.3, 0.4) is 0 Å². The van der Waals surface area contributed by atoms with Crippen molar-refractivity contribution in [2.75, 3.05) is 7.11 Å². The first kappa shape index (κ1) is 19.0. The van der Waals surface area contributed by atoms with Gasteiger partial charge in [-0.3, -0.25) is 0 Å². The number of aromatic nitrogens is 2. The number of hydrogen-bond donors (Lipinski definition) is 0. The number of ether oxygens (including phenoxy) is 1. The lowest BCUT2D eigenvalue weighted by Crippen LogP contribution is -2.03. The van der Waals surface area contributed by atoms with Gasteiger partial charge in [0.25, 0.3) is 0 Å². The third-order valence-electron chi connectivity index (χ3n) is 6.82. The molecule has 0 aliphatic rings. The molecule has 0 aliphatic carbocycles. The Morgan fingerprint density at radius 1 is 0.412 bits per heavy atom. The fraction of sp³-hybridized carbons (Fsp3) is 0.0323. The average molecular weight is 439 g/mol. The van der Waals surface area contributed by atoms with Gasteiger partial charge in [0.1, 0.15) is 0 Å². The Kier molecular flexibility index (Phi) is 4.06. The van der Waals surface area contributed by atoms with E-state index in [0.29, 0.717) is 0 Å². The van der Waals surface area contributed by atoms with Gasteiger partial charge in [-0.05, 0) is 36.4 Å². The average Bonchev–Trinajstić information content (AvgIpc) is 3.41. The van der Waals surface area contributed by atoms with Gasteiger partial charge in [0.2, 0.25) is 0 Å². The van der Waals surface area contributed by atoms with Crippen LogP contribution in [-0.4, -0.2) is 16.2 Å². The standard InChI is InChI=1S/C31H22N2O/c1-34-31-29(32-25-15-6-2-11-21(25)22-12-3-7-16-26(22)32)19-10-20-30(31)33-27-17-8-4-13-23(27)24-14-5-9-18-28(24)33/h2-20H,1H3. The smallest absolute Gasteiger partial charge is 0.166 e. The summed E-state index contributed by atoms with van der Waals surface area (Å²) in [4.78, 5) is 0. The van der Waals surface area contributed by atoms with E-state index in [9.17, 15) is 0 Å².